The molecular formula is C17H11ClN4O. The maximum Gasteiger partial charge on any atom is 0.256 e. The first-order valence-electron chi connectivity index (χ1n) is 6.57. The van der Waals surface area contributed by atoms with E-state index in [1.165, 1.54) is 0 Å². The topological polar surface area (TPSA) is 88.7 Å². The van der Waals surface area contributed by atoms with Crippen LogP contribution in [0, 0.1) is 22.7 Å². The van der Waals surface area contributed by atoms with Gasteiger partial charge < -0.3 is 10.6 Å². The van der Waals surface area contributed by atoms with Crippen molar-refractivity contribution in [2.24, 2.45) is 0 Å². The summed E-state index contributed by atoms with van der Waals surface area (Å²) in [7, 11) is 0. The Morgan fingerprint density at radius 2 is 1.70 bits per heavy atom. The van der Waals surface area contributed by atoms with Crippen molar-refractivity contribution in [1.29, 1.82) is 10.5 Å². The molecule has 0 aliphatic rings. The smallest absolute Gasteiger partial charge is 0.256 e. The Kier molecular flexibility index (Phi) is 5.35. The van der Waals surface area contributed by atoms with Crippen LogP contribution in [0.5, 0.6) is 0 Å². The third-order valence-electron chi connectivity index (χ3n) is 2.84. The molecular weight excluding hydrogens is 312 g/mol. The van der Waals surface area contributed by atoms with E-state index in [9.17, 15) is 4.79 Å². The molecule has 1 amide bonds. The summed E-state index contributed by atoms with van der Waals surface area (Å²) < 4.78 is 0. The highest BCUT2D eigenvalue weighted by Gasteiger charge is 2.12. The lowest BCUT2D eigenvalue weighted by Crippen LogP contribution is -2.28. The normalized spacial score (nSPS) is 9.17. The van der Waals surface area contributed by atoms with Crippen LogP contribution in [0.2, 0.25) is 5.02 Å². The number of allylic oxidation sites excluding steroid dienone is 1. The fourth-order valence-corrected chi connectivity index (χ4v) is 1.97. The molecule has 0 bridgehead atoms. The van der Waals surface area contributed by atoms with Crippen molar-refractivity contribution in [2.45, 2.75) is 0 Å². The molecule has 5 nitrogen and oxygen atoms in total. The first-order valence-corrected chi connectivity index (χ1v) is 6.95. The monoisotopic (exact) mass is 322 g/mol. The van der Waals surface area contributed by atoms with Crippen LogP contribution < -0.4 is 10.6 Å². The van der Waals surface area contributed by atoms with Gasteiger partial charge in [0.25, 0.3) is 5.91 Å². The summed E-state index contributed by atoms with van der Waals surface area (Å²) >= 11 is 5.90. The average Bonchev–Trinajstić information content (AvgIpc) is 2.56. The molecule has 0 radical (unpaired) electrons. The summed E-state index contributed by atoms with van der Waals surface area (Å²) in [6, 6.07) is 18.7. The summed E-state index contributed by atoms with van der Waals surface area (Å²) in [4.78, 5) is 12.2. The molecule has 0 atom stereocenters. The second-order valence-corrected chi connectivity index (χ2v) is 4.87. The molecule has 0 aromatic heterocycles. The number of nitrogens with zero attached hydrogens (tertiary/aromatic N) is 2. The minimum atomic E-state index is -0.432. The van der Waals surface area contributed by atoms with Crippen molar-refractivity contribution in [3.8, 4) is 12.1 Å². The Bertz CT molecular complexity index is 816. The van der Waals surface area contributed by atoms with Gasteiger partial charge in [0, 0.05) is 16.3 Å². The summed E-state index contributed by atoms with van der Waals surface area (Å²) in [6.45, 7) is 0. The summed E-state index contributed by atoms with van der Waals surface area (Å²) in [5.41, 5.74) is 0.714. The lowest BCUT2D eigenvalue weighted by atomic mass is 10.2. The van der Waals surface area contributed by atoms with E-state index >= 15 is 0 Å². The Morgan fingerprint density at radius 1 is 1.00 bits per heavy atom. The van der Waals surface area contributed by atoms with Gasteiger partial charge in [-0.1, -0.05) is 35.9 Å². The molecule has 0 saturated heterocycles. The van der Waals surface area contributed by atoms with E-state index in [1.807, 2.05) is 0 Å². The Hall–Kier alpha value is -3.28. The van der Waals surface area contributed by atoms with Crippen molar-refractivity contribution in [1.82, 2.24) is 5.32 Å². The van der Waals surface area contributed by atoms with E-state index < -0.39 is 5.91 Å². The average molecular weight is 323 g/mol. The molecule has 2 aromatic rings. The Morgan fingerprint density at radius 3 is 2.30 bits per heavy atom. The number of rotatable bonds is 4. The first kappa shape index (κ1) is 16.1. The van der Waals surface area contributed by atoms with Gasteiger partial charge in [-0.3, -0.25) is 4.79 Å². The first-order chi connectivity index (χ1) is 11.1. The van der Waals surface area contributed by atoms with Crippen molar-refractivity contribution in [3.63, 3.8) is 0 Å². The Labute approximate surface area is 138 Å². The zero-order valence-electron chi connectivity index (χ0n) is 11.9. The summed E-state index contributed by atoms with van der Waals surface area (Å²) in [6.07, 6.45) is 0. The van der Waals surface area contributed by atoms with Crippen LogP contribution in [0.15, 0.2) is 66.0 Å². The number of nitriles is 2. The van der Waals surface area contributed by atoms with Gasteiger partial charge in [0.15, 0.2) is 5.57 Å². The molecule has 0 fully saturated rings. The van der Waals surface area contributed by atoms with Gasteiger partial charge in [-0.25, -0.2) is 0 Å². The summed E-state index contributed by atoms with van der Waals surface area (Å²) in [5.74, 6) is -0.427. The van der Waals surface area contributed by atoms with Gasteiger partial charge in [0.2, 0.25) is 0 Å². The van der Waals surface area contributed by atoms with Crippen LogP contribution in [0.25, 0.3) is 0 Å². The van der Waals surface area contributed by atoms with E-state index in [2.05, 4.69) is 10.6 Å². The number of carbonyl (C=O) groups excluding carboxylic acids is 1. The van der Waals surface area contributed by atoms with Gasteiger partial charge in [0.1, 0.15) is 18.0 Å². The fraction of sp³-hybridized carbons (Fsp3) is 0. The second-order valence-electron chi connectivity index (χ2n) is 4.43. The number of halogens is 1. The van der Waals surface area contributed by atoms with Crippen LogP contribution in [0.1, 0.15) is 10.4 Å². The minimum absolute atomic E-state index is 0.00567. The molecule has 2 N–H and O–H groups in total. The molecule has 0 heterocycles. The van der Waals surface area contributed by atoms with Crippen molar-refractivity contribution >= 4 is 23.2 Å². The molecule has 2 rings (SSSR count). The predicted octanol–water partition coefficient (Wildman–Crippen LogP) is 3.44. The van der Waals surface area contributed by atoms with Crippen LogP contribution in [0.4, 0.5) is 5.69 Å². The van der Waals surface area contributed by atoms with Crippen LogP contribution in [-0.2, 0) is 0 Å². The van der Waals surface area contributed by atoms with Crippen molar-refractivity contribution < 1.29 is 4.79 Å². The quantitative estimate of drug-likeness (QED) is 0.844. The zero-order chi connectivity index (χ0) is 16.7. The fourth-order valence-electron chi connectivity index (χ4n) is 1.78. The van der Waals surface area contributed by atoms with E-state index in [4.69, 9.17) is 22.1 Å². The molecule has 0 unspecified atom stereocenters. The number of nitrogens with one attached hydrogen (secondary N) is 2. The molecule has 0 spiro atoms. The van der Waals surface area contributed by atoms with Crippen LogP contribution >= 0.6 is 11.6 Å². The molecule has 23 heavy (non-hydrogen) atoms. The Balaban J connectivity index is 2.30. The highest BCUT2D eigenvalue weighted by molar-refractivity contribution is 6.30. The van der Waals surface area contributed by atoms with E-state index in [1.54, 1.807) is 66.7 Å². The number of carbonyl (C=O) groups is 1. The lowest BCUT2D eigenvalue weighted by Gasteiger charge is -2.13. The number of benzene rings is 2. The van der Waals surface area contributed by atoms with Crippen molar-refractivity contribution in [3.05, 3.63) is 76.6 Å². The highest BCUT2D eigenvalue weighted by Crippen LogP contribution is 2.17. The lowest BCUT2D eigenvalue weighted by molar-refractivity contribution is 0.0966. The predicted molar refractivity (Wildman–Crippen MR) is 87.2 cm³/mol. The van der Waals surface area contributed by atoms with E-state index in [0.717, 1.165) is 0 Å². The van der Waals surface area contributed by atoms with E-state index in [0.29, 0.717) is 16.3 Å². The van der Waals surface area contributed by atoms with Crippen molar-refractivity contribution in [2.75, 3.05) is 5.32 Å². The zero-order valence-corrected chi connectivity index (χ0v) is 12.6. The largest absolute Gasteiger partial charge is 0.340 e. The SMILES string of the molecule is N#CC(C#N)=C(NC(=O)c1ccccc1)Nc1cccc(Cl)c1. The molecule has 2 aromatic carbocycles. The molecule has 0 saturated carbocycles. The standard InChI is InChI=1S/C17H11ClN4O/c18-14-7-4-8-15(9-14)21-16(13(10-19)11-20)22-17(23)12-5-2-1-3-6-12/h1-9,21H,(H,22,23). The maximum atomic E-state index is 12.2. The van der Waals surface area contributed by atoms with Gasteiger partial charge in [-0.15, -0.1) is 0 Å². The maximum absolute atomic E-state index is 12.2. The molecule has 0 aliphatic heterocycles. The van der Waals surface area contributed by atoms with E-state index in [-0.39, 0.29) is 11.4 Å². The summed E-state index contributed by atoms with van der Waals surface area (Å²) in [5, 5.41) is 24.0. The second kappa shape index (κ2) is 7.65. The molecule has 6 heteroatoms. The molecule has 112 valence electrons. The molecule has 0 aliphatic carbocycles. The van der Waals surface area contributed by atoms with Crippen LogP contribution in [0.3, 0.4) is 0 Å². The minimum Gasteiger partial charge on any atom is -0.340 e. The third kappa shape index (κ3) is 4.34. The van der Waals surface area contributed by atoms with Crippen LogP contribution in [-0.4, -0.2) is 5.91 Å². The number of hydrogen-bond acceptors (Lipinski definition) is 4. The van der Waals surface area contributed by atoms with Gasteiger partial charge in [0.05, 0.1) is 0 Å². The van der Waals surface area contributed by atoms with Gasteiger partial charge in [-0.2, -0.15) is 10.5 Å². The number of anilines is 1. The highest BCUT2D eigenvalue weighted by atomic mass is 35.5. The number of amides is 1. The number of hydrogen-bond donors (Lipinski definition) is 2. The third-order valence-corrected chi connectivity index (χ3v) is 3.08. The van der Waals surface area contributed by atoms with Gasteiger partial charge >= 0.3 is 0 Å². The van der Waals surface area contributed by atoms with Gasteiger partial charge in [-0.05, 0) is 30.3 Å².